The monoisotopic (exact) mass is 369 g/mol. The molecule has 0 bridgehead atoms. The third kappa shape index (κ3) is 5.88. The van der Waals surface area contributed by atoms with E-state index in [1.165, 1.54) is 18.2 Å². The van der Waals surface area contributed by atoms with Crippen molar-refractivity contribution in [2.75, 3.05) is 25.0 Å². The molecular formula is C17H24ClN3O4. The smallest absolute Gasteiger partial charge is 0.338 e. The van der Waals surface area contributed by atoms with Crippen LogP contribution in [-0.4, -0.2) is 48.4 Å². The Labute approximate surface area is 152 Å². The summed E-state index contributed by atoms with van der Waals surface area (Å²) in [5.74, 6) is -0.488. The second-order valence-electron chi connectivity index (χ2n) is 6.46. The van der Waals surface area contributed by atoms with Crippen LogP contribution in [0.3, 0.4) is 0 Å². The van der Waals surface area contributed by atoms with Crippen LogP contribution >= 0.6 is 11.6 Å². The number of ether oxygens (including phenoxy) is 1. The number of carbonyl (C=O) groups is 2. The predicted molar refractivity (Wildman–Crippen MR) is 96.1 cm³/mol. The number of benzene rings is 1. The minimum Gasteiger partial charge on any atom is -0.459 e. The molecule has 4 N–H and O–H groups in total. The number of anilines is 1. The normalized spacial score (nSPS) is 20.2. The van der Waals surface area contributed by atoms with E-state index in [9.17, 15) is 14.7 Å². The van der Waals surface area contributed by atoms with Crippen LogP contribution in [0.15, 0.2) is 18.2 Å². The number of carbonyl (C=O) groups excluding carboxylic acids is 2. The number of esters is 1. The molecule has 8 heteroatoms. The maximum absolute atomic E-state index is 12.1. The first kappa shape index (κ1) is 19.5. The fraction of sp³-hybridized carbons (Fsp3) is 0.529. The van der Waals surface area contributed by atoms with Crippen LogP contribution in [0.5, 0.6) is 0 Å². The number of rotatable bonds is 5. The van der Waals surface area contributed by atoms with Crippen LogP contribution in [0, 0.1) is 0 Å². The number of nitrogens with one attached hydrogen (secondary N) is 3. The van der Waals surface area contributed by atoms with Crippen molar-refractivity contribution < 1.29 is 19.4 Å². The van der Waals surface area contributed by atoms with Gasteiger partial charge in [0.2, 0.25) is 0 Å². The molecule has 1 saturated heterocycles. The molecule has 1 fully saturated rings. The molecule has 0 aromatic heterocycles. The van der Waals surface area contributed by atoms with Crippen LogP contribution in [0.4, 0.5) is 10.5 Å². The highest BCUT2D eigenvalue weighted by Gasteiger charge is 2.29. The van der Waals surface area contributed by atoms with Crippen molar-refractivity contribution in [3.05, 3.63) is 28.8 Å². The highest BCUT2D eigenvalue weighted by molar-refractivity contribution is 6.33. The molecule has 1 aromatic rings. The average molecular weight is 370 g/mol. The van der Waals surface area contributed by atoms with Crippen molar-refractivity contribution in [1.82, 2.24) is 10.6 Å². The van der Waals surface area contributed by atoms with Gasteiger partial charge in [0.05, 0.1) is 28.0 Å². The third-order valence-electron chi connectivity index (χ3n) is 3.82. The first-order valence-corrected chi connectivity index (χ1v) is 8.65. The second kappa shape index (κ2) is 8.51. The molecule has 25 heavy (non-hydrogen) atoms. The lowest BCUT2D eigenvalue weighted by atomic mass is 9.94. The number of amides is 2. The van der Waals surface area contributed by atoms with Gasteiger partial charge in [-0.25, -0.2) is 9.59 Å². The van der Waals surface area contributed by atoms with E-state index in [4.69, 9.17) is 16.3 Å². The number of hydrogen-bond donors (Lipinski definition) is 4. The molecule has 1 aromatic carbocycles. The minimum atomic E-state index is -0.956. The van der Waals surface area contributed by atoms with Gasteiger partial charge in [-0.15, -0.1) is 0 Å². The average Bonchev–Trinajstić information content (AvgIpc) is 2.55. The van der Waals surface area contributed by atoms with E-state index in [2.05, 4.69) is 16.0 Å². The van der Waals surface area contributed by atoms with Gasteiger partial charge in [0.25, 0.3) is 0 Å². The number of β-amino-alcohol motifs (C(OH)–C–C–N with tert-alkyl or cyclic N) is 1. The van der Waals surface area contributed by atoms with Crippen molar-refractivity contribution >= 4 is 29.3 Å². The molecule has 1 aliphatic rings. The largest absolute Gasteiger partial charge is 0.459 e. The summed E-state index contributed by atoms with van der Waals surface area (Å²) in [4.78, 5) is 24.0. The number of hydrogen-bond acceptors (Lipinski definition) is 5. The Morgan fingerprint density at radius 1 is 1.44 bits per heavy atom. The van der Waals surface area contributed by atoms with Crippen molar-refractivity contribution in [3.8, 4) is 0 Å². The lowest BCUT2D eigenvalue weighted by Crippen LogP contribution is -2.53. The molecule has 138 valence electrons. The molecule has 0 unspecified atom stereocenters. The van der Waals surface area contributed by atoms with E-state index < -0.39 is 17.6 Å². The number of urea groups is 1. The Kier molecular flexibility index (Phi) is 6.64. The summed E-state index contributed by atoms with van der Waals surface area (Å²) in [7, 11) is 0. The topological polar surface area (TPSA) is 99.7 Å². The highest BCUT2D eigenvalue weighted by atomic mass is 35.5. The van der Waals surface area contributed by atoms with Crippen LogP contribution in [-0.2, 0) is 4.74 Å². The number of piperidine rings is 1. The van der Waals surface area contributed by atoms with Gasteiger partial charge in [-0.3, -0.25) is 0 Å². The Morgan fingerprint density at radius 3 is 2.84 bits per heavy atom. The quantitative estimate of drug-likeness (QED) is 0.596. The number of aliphatic hydroxyl groups is 1. The summed E-state index contributed by atoms with van der Waals surface area (Å²) in [6, 6.07) is 4.01. The fourth-order valence-electron chi connectivity index (χ4n) is 2.54. The Morgan fingerprint density at radius 2 is 2.20 bits per heavy atom. The van der Waals surface area contributed by atoms with Gasteiger partial charge in [0, 0.05) is 13.1 Å². The lowest BCUT2D eigenvalue weighted by molar-refractivity contribution is 0.0198. The molecule has 0 saturated carbocycles. The molecule has 0 radical (unpaired) electrons. The van der Waals surface area contributed by atoms with Crippen molar-refractivity contribution in [2.24, 2.45) is 0 Å². The molecule has 1 aliphatic heterocycles. The van der Waals surface area contributed by atoms with E-state index in [1.807, 2.05) is 0 Å². The third-order valence-corrected chi connectivity index (χ3v) is 4.15. The van der Waals surface area contributed by atoms with Gasteiger partial charge in [-0.2, -0.15) is 0 Å². The molecule has 0 spiro atoms. The fourth-order valence-corrected chi connectivity index (χ4v) is 2.71. The Hall–Kier alpha value is -1.83. The summed E-state index contributed by atoms with van der Waals surface area (Å²) in [6.07, 6.45) is 1.23. The van der Waals surface area contributed by atoms with E-state index in [0.29, 0.717) is 29.2 Å². The Balaban J connectivity index is 1.96. The minimum absolute atomic E-state index is 0.124. The van der Waals surface area contributed by atoms with Gasteiger partial charge < -0.3 is 25.8 Å². The van der Waals surface area contributed by atoms with E-state index in [0.717, 1.165) is 13.0 Å². The Bertz CT molecular complexity index is 630. The molecule has 2 rings (SSSR count). The molecular weight excluding hydrogens is 346 g/mol. The van der Waals surface area contributed by atoms with Crippen molar-refractivity contribution in [3.63, 3.8) is 0 Å². The highest BCUT2D eigenvalue weighted by Crippen LogP contribution is 2.24. The zero-order valence-electron chi connectivity index (χ0n) is 14.4. The summed E-state index contributed by atoms with van der Waals surface area (Å²) < 4.78 is 5.13. The first-order chi connectivity index (χ1) is 11.8. The van der Waals surface area contributed by atoms with E-state index in [1.54, 1.807) is 13.8 Å². The van der Waals surface area contributed by atoms with Crippen LogP contribution in [0.1, 0.15) is 37.0 Å². The van der Waals surface area contributed by atoms with E-state index in [-0.39, 0.29) is 12.6 Å². The van der Waals surface area contributed by atoms with Crippen molar-refractivity contribution in [1.29, 1.82) is 0 Å². The predicted octanol–water partition coefficient (Wildman–Crippen LogP) is 2.14. The summed E-state index contributed by atoms with van der Waals surface area (Å²) in [5.41, 5.74) is -0.364. The standard InChI is InChI=1S/C17H24ClN3O4/c1-11(2)25-15(22)12-4-5-13(18)14(8-12)21-16(23)20-10-17(24)6-3-7-19-9-17/h4-5,8,11,19,24H,3,6-7,9-10H2,1-2H3,(H2,20,21,23)/t17-/m0/s1. The molecule has 0 aliphatic carbocycles. The van der Waals surface area contributed by atoms with Gasteiger partial charge in [0.1, 0.15) is 0 Å². The lowest BCUT2D eigenvalue weighted by Gasteiger charge is -2.32. The molecule has 7 nitrogen and oxygen atoms in total. The van der Waals surface area contributed by atoms with Crippen LogP contribution in [0.2, 0.25) is 5.02 Å². The maximum atomic E-state index is 12.1. The second-order valence-corrected chi connectivity index (χ2v) is 6.87. The van der Waals surface area contributed by atoms with E-state index >= 15 is 0 Å². The molecule has 1 heterocycles. The summed E-state index contributed by atoms with van der Waals surface area (Å²) >= 11 is 6.07. The number of halogens is 1. The van der Waals surface area contributed by atoms with Gasteiger partial charge in [-0.05, 0) is 51.4 Å². The van der Waals surface area contributed by atoms with Gasteiger partial charge >= 0.3 is 12.0 Å². The first-order valence-electron chi connectivity index (χ1n) is 8.27. The SMILES string of the molecule is CC(C)OC(=O)c1ccc(Cl)c(NC(=O)NC[C@]2(O)CCCNC2)c1. The zero-order chi connectivity index (χ0) is 18.4. The zero-order valence-corrected chi connectivity index (χ0v) is 15.2. The maximum Gasteiger partial charge on any atom is 0.338 e. The van der Waals surface area contributed by atoms with Gasteiger partial charge in [-0.1, -0.05) is 11.6 Å². The molecule has 2 amide bonds. The van der Waals surface area contributed by atoms with Gasteiger partial charge in [0.15, 0.2) is 0 Å². The van der Waals surface area contributed by atoms with Crippen molar-refractivity contribution in [2.45, 2.75) is 38.4 Å². The van der Waals surface area contributed by atoms with Crippen LogP contribution < -0.4 is 16.0 Å². The van der Waals surface area contributed by atoms with Crippen LogP contribution in [0.25, 0.3) is 0 Å². The molecule has 1 atom stereocenters. The summed E-state index contributed by atoms with van der Waals surface area (Å²) in [5, 5.41) is 19.0. The summed E-state index contributed by atoms with van der Waals surface area (Å²) in [6.45, 7) is 4.93.